The third kappa shape index (κ3) is 6.84. The van der Waals surface area contributed by atoms with Gasteiger partial charge in [-0.1, -0.05) is 18.2 Å². The number of ether oxygens (including phenoxy) is 1. The van der Waals surface area contributed by atoms with Crippen LogP contribution in [0.25, 0.3) is 0 Å². The number of fused-ring (bicyclic) bond motifs is 1. The van der Waals surface area contributed by atoms with Gasteiger partial charge in [-0.15, -0.1) is 0 Å². The van der Waals surface area contributed by atoms with Crippen LogP contribution in [0.15, 0.2) is 24.3 Å². The molecule has 4 amide bonds. The molecule has 0 radical (unpaired) electrons. The number of benzene rings is 1. The summed E-state index contributed by atoms with van der Waals surface area (Å²) in [4.78, 5) is 46.0. The number of carbonyl (C=O) groups is 3. The number of hydrogen-bond donors (Lipinski definition) is 2. The maximum absolute atomic E-state index is 12.8. The first-order chi connectivity index (χ1) is 19.0. The van der Waals surface area contributed by atoms with Crippen LogP contribution in [0.1, 0.15) is 44.1 Å². The first-order valence-electron chi connectivity index (χ1n) is 14.7. The number of rotatable bonds is 6. The topological polar surface area (TPSA) is 106 Å². The predicted molar refractivity (Wildman–Crippen MR) is 147 cm³/mol. The van der Waals surface area contributed by atoms with Gasteiger partial charge in [0.15, 0.2) is 6.61 Å². The van der Waals surface area contributed by atoms with Gasteiger partial charge in [0.25, 0.3) is 5.91 Å². The highest BCUT2D eigenvalue weighted by Crippen LogP contribution is 2.32. The number of hydrogen-bond acceptors (Lipinski definition) is 6. The second-order valence-corrected chi connectivity index (χ2v) is 11.4. The fourth-order valence-electron chi connectivity index (χ4n) is 6.81. The second kappa shape index (κ2) is 13.0. The molecule has 1 aromatic rings. The predicted octanol–water partition coefficient (Wildman–Crippen LogP) is 2.62. The monoisotopic (exact) mass is 541 g/mol. The van der Waals surface area contributed by atoms with Crippen molar-refractivity contribution in [3.05, 3.63) is 29.8 Å². The Bertz CT molecular complexity index is 998. The third-order valence-corrected chi connectivity index (χ3v) is 9.23. The van der Waals surface area contributed by atoms with Crippen LogP contribution in [-0.4, -0.2) is 114 Å². The fourth-order valence-corrected chi connectivity index (χ4v) is 6.81. The molecule has 0 saturated carbocycles. The lowest BCUT2D eigenvalue weighted by Crippen LogP contribution is -2.50. The molecule has 0 aromatic heterocycles. The summed E-state index contributed by atoms with van der Waals surface area (Å²) in [7, 11) is 0. The summed E-state index contributed by atoms with van der Waals surface area (Å²) in [5, 5.41) is 12.2. The van der Waals surface area contributed by atoms with E-state index in [-0.39, 0.29) is 31.2 Å². The summed E-state index contributed by atoms with van der Waals surface area (Å²) in [6.45, 7) is 6.02. The molecule has 3 saturated heterocycles. The van der Waals surface area contributed by atoms with Crippen molar-refractivity contribution in [2.45, 2.75) is 51.0 Å². The first kappa shape index (κ1) is 27.7. The van der Waals surface area contributed by atoms with E-state index < -0.39 is 6.09 Å². The van der Waals surface area contributed by atoms with E-state index in [4.69, 9.17) is 9.84 Å². The zero-order chi connectivity index (χ0) is 27.2. The largest absolute Gasteiger partial charge is 0.439 e. The van der Waals surface area contributed by atoms with Crippen molar-refractivity contribution in [3.63, 3.8) is 0 Å². The molecule has 214 valence electrons. The highest BCUT2D eigenvalue weighted by atomic mass is 16.6. The van der Waals surface area contributed by atoms with E-state index in [1.807, 2.05) is 34.1 Å². The van der Waals surface area contributed by atoms with Crippen LogP contribution in [-0.2, 0) is 16.0 Å². The number of nitrogens with one attached hydrogen (secondary N) is 1. The number of piperidine rings is 3. The summed E-state index contributed by atoms with van der Waals surface area (Å²) in [6, 6.07) is 7.89. The van der Waals surface area contributed by atoms with Gasteiger partial charge in [-0.3, -0.25) is 4.79 Å². The van der Waals surface area contributed by atoms with Gasteiger partial charge in [0, 0.05) is 51.0 Å². The average Bonchev–Trinajstić information content (AvgIpc) is 3.14. The highest BCUT2D eigenvalue weighted by molar-refractivity contribution is 5.91. The number of para-hydroxylation sites is 1. The van der Waals surface area contributed by atoms with Gasteiger partial charge in [-0.25, -0.2) is 9.59 Å². The fraction of sp³-hybridized carbons (Fsp3) is 0.690. The van der Waals surface area contributed by atoms with Gasteiger partial charge >= 0.3 is 12.1 Å². The number of β-amino-alcohol motifs (C(OH)–C–C–N with tert-alkyl or cyclic N) is 1. The Kier molecular flexibility index (Phi) is 9.24. The normalized spacial score (nSPS) is 22.3. The van der Waals surface area contributed by atoms with Gasteiger partial charge in [0.05, 0.1) is 6.61 Å². The van der Waals surface area contributed by atoms with Crippen molar-refractivity contribution in [3.8, 4) is 0 Å². The number of anilines is 1. The summed E-state index contributed by atoms with van der Waals surface area (Å²) in [6.07, 6.45) is 6.10. The maximum atomic E-state index is 12.8. The van der Waals surface area contributed by atoms with E-state index in [0.717, 1.165) is 63.2 Å². The van der Waals surface area contributed by atoms with E-state index in [1.54, 1.807) is 4.90 Å². The number of aliphatic hydroxyl groups excluding tert-OH is 1. The molecule has 1 aromatic carbocycles. The molecule has 3 fully saturated rings. The van der Waals surface area contributed by atoms with Crippen LogP contribution in [0.5, 0.6) is 0 Å². The second-order valence-electron chi connectivity index (χ2n) is 11.4. The number of urea groups is 1. The summed E-state index contributed by atoms with van der Waals surface area (Å²) < 4.78 is 5.42. The van der Waals surface area contributed by atoms with Crippen LogP contribution in [0, 0.1) is 11.8 Å². The maximum Gasteiger partial charge on any atom is 0.410 e. The third-order valence-electron chi connectivity index (χ3n) is 9.23. The zero-order valence-corrected chi connectivity index (χ0v) is 22.9. The Balaban J connectivity index is 0.998. The number of aliphatic hydroxyl groups is 1. The minimum atomic E-state index is -0.445. The molecule has 2 N–H and O–H groups in total. The molecule has 4 aliphatic rings. The Labute approximate surface area is 231 Å². The van der Waals surface area contributed by atoms with Crippen molar-refractivity contribution >= 4 is 23.7 Å². The molecular formula is C29H43N5O5. The standard InChI is InChI=1S/C29H43N5O5/c35-20-19-31-12-5-22(6-13-31)23-7-14-32(15-8-23)27(36)21-39-29(38)33-16-10-25(11-17-33)34-18-9-24-3-1-2-4-26(24)30-28(34)37/h1-4,22-23,25,35H,5-21H2,(H,30,37). The molecule has 39 heavy (non-hydrogen) atoms. The first-order valence-corrected chi connectivity index (χ1v) is 14.7. The highest BCUT2D eigenvalue weighted by Gasteiger charge is 2.33. The minimum absolute atomic E-state index is 0.0770. The van der Waals surface area contributed by atoms with E-state index >= 15 is 0 Å². The van der Waals surface area contributed by atoms with Gasteiger partial charge in [0.1, 0.15) is 0 Å². The van der Waals surface area contributed by atoms with Gasteiger partial charge in [0.2, 0.25) is 0 Å². The Morgan fingerprint density at radius 2 is 1.51 bits per heavy atom. The van der Waals surface area contributed by atoms with Crippen molar-refractivity contribution in [2.75, 3.05) is 70.9 Å². The summed E-state index contributed by atoms with van der Waals surface area (Å²) >= 11 is 0. The molecule has 0 bridgehead atoms. The van der Waals surface area contributed by atoms with Crippen LogP contribution in [0.4, 0.5) is 15.3 Å². The van der Waals surface area contributed by atoms with Gasteiger partial charge in [-0.05, 0) is 81.5 Å². The van der Waals surface area contributed by atoms with E-state index in [2.05, 4.69) is 10.2 Å². The van der Waals surface area contributed by atoms with Crippen LogP contribution in [0.2, 0.25) is 0 Å². The van der Waals surface area contributed by atoms with Crippen molar-refractivity contribution in [1.82, 2.24) is 19.6 Å². The van der Waals surface area contributed by atoms with E-state index in [1.165, 1.54) is 12.8 Å². The van der Waals surface area contributed by atoms with E-state index in [0.29, 0.717) is 44.3 Å². The smallest absolute Gasteiger partial charge is 0.410 e. The molecule has 0 spiro atoms. The van der Waals surface area contributed by atoms with Crippen LogP contribution >= 0.6 is 0 Å². The molecule has 5 rings (SSSR count). The number of amides is 4. The van der Waals surface area contributed by atoms with Crippen molar-refractivity contribution in [1.29, 1.82) is 0 Å². The number of nitrogens with zero attached hydrogens (tertiary/aromatic N) is 4. The number of likely N-dealkylation sites (tertiary alicyclic amines) is 3. The molecular weight excluding hydrogens is 498 g/mol. The molecule has 0 aliphatic carbocycles. The SMILES string of the molecule is O=C(COC(=O)N1CCC(N2CCc3ccccc3NC2=O)CC1)N1CCC(C2CCN(CCO)CC2)CC1. The molecule has 4 aliphatic heterocycles. The lowest BCUT2D eigenvalue weighted by atomic mass is 9.79. The summed E-state index contributed by atoms with van der Waals surface area (Å²) in [5.41, 5.74) is 2.02. The Hall–Kier alpha value is -2.85. The minimum Gasteiger partial charge on any atom is -0.439 e. The van der Waals surface area contributed by atoms with Crippen LogP contribution in [0.3, 0.4) is 0 Å². The quantitative estimate of drug-likeness (QED) is 0.574. The Morgan fingerprint density at radius 1 is 0.872 bits per heavy atom. The summed E-state index contributed by atoms with van der Waals surface area (Å²) in [5.74, 6) is 1.23. The lowest BCUT2D eigenvalue weighted by Gasteiger charge is -2.40. The Morgan fingerprint density at radius 3 is 2.21 bits per heavy atom. The number of carbonyl (C=O) groups excluding carboxylic acids is 3. The van der Waals surface area contributed by atoms with Crippen LogP contribution < -0.4 is 5.32 Å². The molecule has 0 unspecified atom stereocenters. The molecule has 0 atom stereocenters. The molecule has 10 heteroatoms. The zero-order valence-electron chi connectivity index (χ0n) is 22.9. The van der Waals surface area contributed by atoms with Gasteiger partial charge < -0.3 is 34.8 Å². The van der Waals surface area contributed by atoms with E-state index in [9.17, 15) is 14.4 Å². The lowest BCUT2D eigenvalue weighted by molar-refractivity contribution is -0.136. The van der Waals surface area contributed by atoms with Gasteiger partial charge in [-0.2, -0.15) is 0 Å². The van der Waals surface area contributed by atoms with Crippen molar-refractivity contribution < 1.29 is 24.2 Å². The average molecular weight is 542 g/mol. The molecule has 4 heterocycles. The van der Waals surface area contributed by atoms with Crippen molar-refractivity contribution in [2.24, 2.45) is 11.8 Å². The molecule has 10 nitrogen and oxygen atoms in total.